The first-order valence-corrected chi connectivity index (χ1v) is 7.71. The molecule has 1 aromatic carbocycles. The van der Waals surface area contributed by atoms with E-state index < -0.39 is 0 Å². The number of carbonyl (C=O) groups excluding carboxylic acids is 1. The lowest BCUT2D eigenvalue weighted by Gasteiger charge is -2.30. The monoisotopic (exact) mass is 288 g/mol. The van der Waals surface area contributed by atoms with Gasteiger partial charge in [0, 0.05) is 30.3 Å². The summed E-state index contributed by atoms with van der Waals surface area (Å²) < 4.78 is 0. The molecule has 0 unspecified atom stereocenters. The van der Waals surface area contributed by atoms with Gasteiger partial charge in [0.05, 0.1) is 12.2 Å². The summed E-state index contributed by atoms with van der Waals surface area (Å²) in [4.78, 5) is 17.6. The van der Waals surface area contributed by atoms with Gasteiger partial charge < -0.3 is 4.90 Å². The fourth-order valence-electron chi connectivity index (χ4n) is 2.27. The van der Waals surface area contributed by atoms with Gasteiger partial charge in [-0.2, -0.15) is 0 Å². The zero-order valence-electron chi connectivity index (χ0n) is 11.6. The Morgan fingerprint density at radius 1 is 1.30 bits per heavy atom. The Morgan fingerprint density at radius 3 is 2.70 bits per heavy atom. The number of carbonyl (C=O) groups is 1. The van der Waals surface area contributed by atoms with Crippen molar-refractivity contribution >= 4 is 23.4 Å². The molecule has 0 spiro atoms. The summed E-state index contributed by atoms with van der Waals surface area (Å²) in [6.45, 7) is 10.0. The molecular weight excluding hydrogens is 268 g/mol. The number of fused-ring (bicyclic) bond motifs is 1. The van der Waals surface area contributed by atoms with Crippen LogP contribution in [0, 0.1) is 0 Å². The standard InChI is InChI=1S/C16H20N2OS/c1-3-9-17(10-4-2)13-16(19)18-11-12-20-15-8-6-5-7-14(15)18/h3-8H,1-2,9-13H2. The molecule has 1 amide bonds. The van der Waals surface area contributed by atoms with E-state index in [0.717, 1.165) is 18.0 Å². The summed E-state index contributed by atoms with van der Waals surface area (Å²) in [6, 6.07) is 8.09. The molecule has 1 aliphatic rings. The molecule has 0 N–H and O–H groups in total. The van der Waals surface area contributed by atoms with Gasteiger partial charge in [0.1, 0.15) is 0 Å². The number of hydrogen-bond donors (Lipinski definition) is 0. The minimum absolute atomic E-state index is 0.140. The molecule has 1 aromatic rings. The van der Waals surface area contributed by atoms with Gasteiger partial charge in [0.2, 0.25) is 5.91 Å². The molecule has 0 radical (unpaired) electrons. The third kappa shape index (κ3) is 3.52. The van der Waals surface area contributed by atoms with Gasteiger partial charge in [0.25, 0.3) is 0 Å². The number of thioether (sulfide) groups is 1. The van der Waals surface area contributed by atoms with Crippen LogP contribution in [0.5, 0.6) is 0 Å². The van der Waals surface area contributed by atoms with Crippen molar-refractivity contribution < 1.29 is 4.79 Å². The van der Waals surface area contributed by atoms with Gasteiger partial charge in [-0.15, -0.1) is 24.9 Å². The molecule has 0 aliphatic carbocycles. The molecule has 1 heterocycles. The van der Waals surface area contributed by atoms with Crippen molar-refractivity contribution in [3.05, 3.63) is 49.6 Å². The van der Waals surface area contributed by atoms with Crippen LogP contribution >= 0.6 is 11.8 Å². The summed E-state index contributed by atoms with van der Waals surface area (Å²) in [5.74, 6) is 1.09. The van der Waals surface area contributed by atoms with Crippen LogP contribution in [-0.2, 0) is 4.79 Å². The number of hydrogen-bond acceptors (Lipinski definition) is 3. The van der Waals surface area contributed by atoms with E-state index in [9.17, 15) is 4.79 Å². The van der Waals surface area contributed by atoms with Crippen LogP contribution in [0.1, 0.15) is 0 Å². The lowest BCUT2D eigenvalue weighted by Crippen LogP contribution is -2.43. The highest BCUT2D eigenvalue weighted by Gasteiger charge is 2.23. The third-order valence-corrected chi connectivity index (χ3v) is 4.21. The fraction of sp³-hybridized carbons (Fsp3) is 0.312. The zero-order valence-corrected chi connectivity index (χ0v) is 12.4. The van der Waals surface area contributed by atoms with Crippen LogP contribution in [0.3, 0.4) is 0 Å². The van der Waals surface area contributed by atoms with E-state index in [1.54, 1.807) is 0 Å². The van der Waals surface area contributed by atoms with Gasteiger partial charge >= 0.3 is 0 Å². The number of para-hydroxylation sites is 1. The Balaban J connectivity index is 2.09. The van der Waals surface area contributed by atoms with Crippen molar-refractivity contribution in [1.29, 1.82) is 0 Å². The van der Waals surface area contributed by atoms with Gasteiger partial charge in [-0.25, -0.2) is 0 Å². The van der Waals surface area contributed by atoms with Crippen molar-refractivity contribution in [2.24, 2.45) is 0 Å². The van der Waals surface area contributed by atoms with E-state index in [-0.39, 0.29) is 5.91 Å². The molecule has 2 rings (SSSR count). The van der Waals surface area contributed by atoms with Gasteiger partial charge in [-0.3, -0.25) is 9.69 Å². The molecule has 20 heavy (non-hydrogen) atoms. The second-order valence-electron chi connectivity index (χ2n) is 4.63. The molecule has 0 atom stereocenters. The predicted octanol–water partition coefficient (Wildman–Crippen LogP) is 2.80. The van der Waals surface area contributed by atoms with E-state index in [1.165, 1.54) is 4.90 Å². The summed E-state index contributed by atoms with van der Waals surface area (Å²) in [6.07, 6.45) is 3.63. The first kappa shape index (κ1) is 14.9. The minimum atomic E-state index is 0.140. The number of amides is 1. The average Bonchev–Trinajstić information content (AvgIpc) is 2.47. The first-order valence-electron chi connectivity index (χ1n) is 6.72. The second-order valence-corrected chi connectivity index (χ2v) is 5.77. The highest BCUT2D eigenvalue weighted by atomic mass is 32.2. The zero-order chi connectivity index (χ0) is 14.4. The van der Waals surface area contributed by atoms with Gasteiger partial charge in [0.15, 0.2) is 0 Å². The summed E-state index contributed by atoms with van der Waals surface area (Å²) in [5.41, 5.74) is 1.03. The second kappa shape index (κ2) is 7.31. The van der Waals surface area contributed by atoms with Crippen LogP contribution in [0.2, 0.25) is 0 Å². The average molecular weight is 288 g/mol. The maximum Gasteiger partial charge on any atom is 0.241 e. The van der Waals surface area contributed by atoms with E-state index in [0.29, 0.717) is 19.6 Å². The van der Waals surface area contributed by atoms with Crippen molar-refractivity contribution in [1.82, 2.24) is 4.90 Å². The highest BCUT2D eigenvalue weighted by molar-refractivity contribution is 7.99. The number of anilines is 1. The Hall–Kier alpha value is -1.52. The molecule has 1 aliphatic heterocycles. The fourth-order valence-corrected chi connectivity index (χ4v) is 3.27. The van der Waals surface area contributed by atoms with Crippen LogP contribution in [0.25, 0.3) is 0 Å². The van der Waals surface area contributed by atoms with Gasteiger partial charge in [-0.05, 0) is 12.1 Å². The predicted molar refractivity (Wildman–Crippen MR) is 86.4 cm³/mol. The number of nitrogens with zero attached hydrogens (tertiary/aromatic N) is 2. The van der Waals surface area contributed by atoms with Crippen LogP contribution in [0.4, 0.5) is 5.69 Å². The lowest BCUT2D eigenvalue weighted by molar-refractivity contribution is -0.119. The van der Waals surface area contributed by atoms with Crippen LogP contribution < -0.4 is 4.90 Å². The minimum Gasteiger partial charge on any atom is -0.309 e. The number of benzene rings is 1. The molecule has 0 bridgehead atoms. The maximum absolute atomic E-state index is 12.5. The van der Waals surface area contributed by atoms with Crippen molar-refractivity contribution in [3.8, 4) is 0 Å². The van der Waals surface area contributed by atoms with E-state index in [2.05, 4.69) is 19.2 Å². The SMILES string of the molecule is C=CCN(CC=C)CC(=O)N1CCSc2ccccc21. The Labute approximate surface area is 125 Å². The molecule has 0 aromatic heterocycles. The Morgan fingerprint density at radius 2 is 2.00 bits per heavy atom. The Kier molecular flexibility index (Phi) is 5.44. The molecule has 106 valence electrons. The van der Waals surface area contributed by atoms with Crippen LogP contribution in [-0.4, -0.2) is 42.7 Å². The number of rotatable bonds is 6. The van der Waals surface area contributed by atoms with Crippen molar-refractivity contribution in [2.75, 3.05) is 36.8 Å². The van der Waals surface area contributed by atoms with E-state index >= 15 is 0 Å². The molecule has 0 saturated carbocycles. The topological polar surface area (TPSA) is 23.6 Å². The van der Waals surface area contributed by atoms with Gasteiger partial charge in [-0.1, -0.05) is 24.3 Å². The molecule has 4 heteroatoms. The van der Waals surface area contributed by atoms with Crippen molar-refractivity contribution in [3.63, 3.8) is 0 Å². The smallest absolute Gasteiger partial charge is 0.241 e. The maximum atomic E-state index is 12.5. The summed E-state index contributed by atoms with van der Waals surface area (Å²) in [7, 11) is 0. The largest absolute Gasteiger partial charge is 0.309 e. The highest BCUT2D eigenvalue weighted by Crippen LogP contribution is 2.34. The third-order valence-electron chi connectivity index (χ3n) is 3.16. The summed E-state index contributed by atoms with van der Waals surface area (Å²) in [5, 5.41) is 0. The van der Waals surface area contributed by atoms with E-state index in [1.807, 2.05) is 51.9 Å². The molecular formula is C16H20N2OS. The first-order chi connectivity index (χ1) is 9.76. The molecule has 0 saturated heterocycles. The van der Waals surface area contributed by atoms with Crippen LogP contribution in [0.15, 0.2) is 54.5 Å². The quantitative estimate of drug-likeness (QED) is 0.752. The molecule has 3 nitrogen and oxygen atoms in total. The lowest BCUT2D eigenvalue weighted by atomic mass is 10.2. The Bertz CT molecular complexity index is 491. The van der Waals surface area contributed by atoms with Crippen molar-refractivity contribution in [2.45, 2.75) is 4.90 Å². The van der Waals surface area contributed by atoms with E-state index in [4.69, 9.17) is 0 Å². The molecule has 0 fully saturated rings. The normalized spacial score (nSPS) is 13.9. The summed E-state index contributed by atoms with van der Waals surface area (Å²) >= 11 is 1.81.